The largest absolute Gasteiger partial charge is 0.331 e. The third-order valence-electron chi connectivity index (χ3n) is 4.29. The molecule has 0 radical (unpaired) electrons. The second-order valence-corrected chi connectivity index (χ2v) is 5.59. The number of hydrogen-bond donors (Lipinski definition) is 0. The lowest BCUT2D eigenvalue weighted by Gasteiger charge is -2.37. The van der Waals surface area contributed by atoms with Crippen LogP contribution in [0.15, 0.2) is 24.3 Å². The molecule has 0 atom stereocenters. The van der Waals surface area contributed by atoms with Crippen molar-refractivity contribution in [2.75, 3.05) is 24.5 Å². The molecule has 2 fully saturated rings. The minimum atomic E-state index is -0.0568. The van der Waals surface area contributed by atoms with Crippen LogP contribution >= 0.6 is 0 Å². The molecular weight excluding hydrogens is 266 g/mol. The Kier molecular flexibility index (Phi) is 3.61. The molecule has 3 rings (SSSR count). The van der Waals surface area contributed by atoms with Crippen LogP contribution < -0.4 is 4.90 Å². The summed E-state index contributed by atoms with van der Waals surface area (Å²) in [6.07, 6.45) is 3.04. The first kappa shape index (κ1) is 13.6. The smallest absolute Gasteiger partial charge is 0.246 e. The third kappa shape index (κ3) is 2.62. The summed E-state index contributed by atoms with van der Waals surface area (Å²) in [5.41, 5.74) is 1.36. The Hall–Kier alpha value is -2.35. The number of rotatable bonds is 2. The molecule has 2 amide bonds. The molecule has 1 saturated carbocycles. The van der Waals surface area contributed by atoms with Gasteiger partial charge in [0.25, 0.3) is 0 Å². The quantitative estimate of drug-likeness (QED) is 0.827. The van der Waals surface area contributed by atoms with E-state index in [1.165, 1.54) is 0 Å². The number of carbonyl (C=O) groups excluding carboxylic acids is 2. The lowest BCUT2D eigenvalue weighted by molar-refractivity contribution is -0.142. The highest BCUT2D eigenvalue weighted by Crippen LogP contribution is 2.29. The lowest BCUT2D eigenvalue weighted by atomic mass is 9.84. The zero-order valence-corrected chi connectivity index (χ0v) is 11.8. The number of amides is 2. The van der Waals surface area contributed by atoms with Crippen molar-refractivity contribution in [3.63, 3.8) is 0 Å². The fraction of sp³-hybridized carbons (Fsp3) is 0.438. The first-order valence-corrected chi connectivity index (χ1v) is 7.28. The fourth-order valence-electron chi connectivity index (χ4n) is 2.76. The third-order valence-corrected chi connectivity index (χ3v) is 4.29. The number of nitriles is 1. The van der Waals surface area contributed by atoms with Gasteiger partial charge in [0.15, 0.2) is 0 Å². The molecule has 0 N–H and O–H groups in total. The minimum Gasteiger partial charge on any atom is -0.331 e. The summed E-state index contributed by atoms with van der Waals surface area (Å²) in [4.78, 5) is 27.8. The molecule has 0 bridgehead atoms. The molecule has 5 nitrogen and oxygen atoms in total. The zero-order chi connectivity index (χ0) is 14.8. The standard InChI is InChI=1S/C16H17N3O2/c17-10-12-4-6-14(7-5-12)19-9-8-18(11-15(19)20)16(21)13-2-1-3-13/h4-7,13H,1-3,8-9,11H2. The molecule has 1 aromatic rings. The van der Waals surface area contributed by atoms with Crippen LogP contribution in [0, 0.1) is 17.2 Å². The van der Waals surface area contributed by atoms with E-state index in [0.29, 0.717) is 18.7 Å². The zero-order valence-electron chi connectivity index (χ0n) is 11.8. The van der Waals surface area contributed by atoms with Crippen LogP contribution in [0.2, 0.25) is 0 Å². The van der Waals surface area contributed by atoms with E-state index in [9.17, 15) is 9.59 Å². The van der Waals surface area contributed by atoms with Gasteiger partial charge in [0, 0.05) is 24.7 Å². The highest BCUT2D eigenvalue weighted by Gasteiger charge is 2.34. The van der Waals surface area contributed by atoms with Crippen molar-refractivity contribution in [1.29, 1.82) is 5.26 Å². The van der Waals surface area contributed by atoms with E-state index < -0.39 is 0 Å². The maximum absolute atomic E-state index is 12.3. The van der Waals surface area contributed by atoms with Crippen molar-refractivity contribution in [2.24, 2.45) is 5.92 Å². The number of nitrogens with zero attached hydrogens (tertiary/aromatic N) is 3. The molecule has 1 aliphatic carbocycles. The molecule has 0 spiro atoms. The van der Waals surface area contributed by atoms with Gasteiger partial charge in [0.2, 0.25) is 11.8 Å². The summed E-state index contributed by atoms with van der Waals surface area (Å²) in [5.74, 6) is 0.215. The van der Waals surface area contributed by atoms with Gasteiger partial charge < -0.3 is 9.80 Å². The maximum Gasteiger partial charge on any atom is 0.246 e. The maximum atomic E-state index is 12.3. The summed E-state index contributed by atoms with van der Waals surface area (Å²) in [6.45, 7) is 1.26. The van der Waals surface area contributed by atoms with Crippen molar-refractivity contribution in [2.45, 2.75) is 19.3 Å². The number of benzene rings is 1. The topological polar surface area (TPSA) is 64.4 Å². The van der Waals surface area contributed by atoms with Gasteiger partial charge in [-0.2, -0.15) is 5.26 Å². The van der Waals surface area contributed by atoms with E-state index in [2.05, 4.69) is 6.07 Å². The van der Waals surface area contributed by atoms with E-state index in [1.807, 2.05) is 0 Å². The van der Waals surface area contributed by atoms with Gasteiger partial charge >= 0.3 is 0 Å². The van der Waals surface area contributed by atoms with Gasteiger partial charge in [0.1, 0.15) is 6.54 Å². The molecule has 1 heterocycles. The van der Waals surface area contributed by atoms with Crippen LogP contribution in [0.5, 0.6) is 0 Å². The van der Waals surface area contributed by atoms with E-state index >= 15 is 0 Å². The van der Waals surface area contributed by atoms with Gasteiger partial charge in [-0.25, -0.2) is 0 Å². The van der Waals surface area contributed by atoms with E-state index in [1.54, 1.807) is 34.1 Å². The predicted octanol–water partition coefficient (Wildman–Crippen LogP) is 1.53. The molecule has 0 aromatic heterocycles. The van der Waals surface area contributed by atoms with Crippen LogP contribution in [0.3, 0.4) is 0 Å². The molecular formula is C16H17N3O2. The van der Waals surface area contributed by atoms with E-state index in [0.717, 1.165) is 24.9 Å². The van der Waals surface area contributed by atoms with Crippen LogP contribution in [0.1, 0.15) is 24.8 Å². The Bertz CT molecular complexity index is 599. The molecule has 21 heavy (non-hydrogen) atoms. The number of carbonyl (C=O) groups is 2. The molecule has 1 aliphatic heterocycles. The average molecular weight is 283 g/mol. The molecule has 1 aromatic carbocycles. The Morgan fingerprint density at radius 3 is 2.43 bits per heavy atom. The van der Waals surface area contributed by atoms with Gasteiger partial charge in [-0.1, -0.05) is 6.42 Å². The summed E-state index contributed by atoms with van der Waals surface area (Å²) in [6, 6.07) is 9.02. The molecule has 1 saturated heterocycles. The molecule has 0 unspecified atom stereocenters. The summed E-state index contributed by atoms with van der Waals surface area (Å²) in [7, 11) is 0. The van der Waals surface area contributed by atoms with Crippen LogP contribution in [0.4, 0.5) is 5.69 Å². The van der Waals surface area contributed by atoms with Crippen LogP contribution in [-0.2, 0) is 9.59 Å². The average Bonchev–Trinajstić information content (AvgIpc) is 2.45. The lowest BCUT2D eigenvalue weighted by Crippen LogP contribution is -2.54. The number of anilines is 1. The van der Waals surface area contributed by atoms with Crippen molar-refractivity contribution in [3.05, 3.63) is 29.8 Å². The van der Waals surface area contributed by atoms with Crippen molar-refractivity contribution in [3.8, 4) is 6.07 Å². The Labute approximate surface area is 123 Å². The number of hydrogen-bond acceptors (Lipinski definition) is 3. The Morgan fingerprint density at radius 2 is 1.90 bits per heavy atom. The molecule has 2 aliphatic rings. The van der Waals surface area contributed by atoms with Crippen molar-refractivity contribution >= 4 is 17.5 Å². The van der Waals surface area contributed by atoms with E-state index in [-0.39, 0.29) is 24.3 Å². The SMILES string of the molecule is N#Cc1ccc(N2CCN(C(=O)C3CCC3)CC2=O)cc1. The highest BCUT2D eigenvalue weighted by atomic mass is 16.2. The Morgan fingerprint density at radius 1 is 1.19 bits per heavy atom. The molecule has 5 heteroatoms. The second-order valence-electron chi connectivity index (χ2n) is 5.59. The minimum absolute atomic E-state index is 0.0568. The normalized spacial score (nSPS) is 19.1. The Balaban J connectivity index is 1.66. The van der Waals surface area contributed by atoms with Crippen molar-refractivity contribution < 1.29 is 9.59 Å². The van der Waals surface area contributed by atoms with Gasteiger partial charge in [-0.05, 0) is 37.1 Å². The predicted molar refractivity (Wildman–Crippen MR) is 77.4 cm³/mol. The first-order valence-electron chi connectivity index (χ1n) is 7.28. The monoisotopic (exact) mass is 283 g/mol. The van der Waals surface area contributed by atoms with Gasteiger partial charge in [0.05, 0.1) is 11.6 Å². The highest BCUT2D eigenvalue weighted by molar-refractivity contribution is 5.98. The van der Waals surface area contributed by atoms with Crippen LogP contribution in [0.25, 0.3) is 0 Å². The summed E-state index contributed by atoms with van der Waals surface area (Å²) in [5, 5.41) is 8.79. The first-order chi connectivity index (χ1) is 10.2. The van der Waals surface area contributed by atoms with Crippen LogP contribution in [-0.4, -0.2) is 36.3 Å². The van der Waals surface area contributed by atoms with Gasteiger partial charge in [-0.15, -0.1) is 0 Å². The van der Waals surface area contributed by atoms with Crippen molar-refractivity contribution in [1.82, 2.24) is 4.90 Å². The molecule has 108 valence electrons. The fourth-order valence-corrected chi connectivity index (χ4v) is 2.76. The summed E-state index contributed by atoms with van der Waals surface area (Å²) < 4.78 is 0. The van der Waals surface area contributed by atoms with E-state index in [4.69, 9.17) is 5.26 Å². The second kappa shape index (κ2) is 5.57. The van der Waals surface area contributed by atoms with Gasteiger partial charge in [-0.3, -0.25) is 9.59 Å². The summed E-state index contributed by atoms with van der Waals surface area (Å²) >= 11 is 0. The number of piperazine rings is 1.